The van der Waals surface area contributed by atoms with E-state index in [4.69, 9.17) is 24.9 Å². The Morgan fingerprint density at radius 2 is 0.831 bits per heavy atom. The molecule has 12 aromatic rings. The van der Waals surface area contributed by atoms with Gasteiger partial charge in [-0.25, -0.2) is 24.9 Å². The van der Waals surface area contributed by atoms with Crippen molar-refractivity contribution in [3.63, 3.8) is 0 Å². The van der Waals surface area contributed by atoms with Gasteiger partial charge in [0.15, 0.2) is 5.82 Å². The Balaban J connectivity index is 0.959. The minimum atomic E-state index is 0.563. The number of benzene rings is 8. The average Bonchev–Trinajstić information content (AvgIpc) is 3.80. The first-order chi connectivity index (χ1) is 32.2. The number of aromatic nitrogens is 6. The molecular formula is C59H38N6. The Morgan fingerprint density at radius 1 is 0.308 bits per heavy atom. The molecule has 0 saturated carbocycles. The van der Waals surface area contributed by atoms with Crippen molar-refractivity contribution in [1.29, 1.82) is 0 Å². The van der Waals surface area contributed by atoms with Gasteiger partial charge >= 0.3 is 0 Å². The first-order valence-corrected chi connectivity index (χ1v) is 21.8. The van der Waals surface area contributed by atoms with E-state index in [1.165, 1.54) is 5.56 Å². The largest absolute Gasteiger partial charge is 0.292 e. The molecule has 8 aromatic carbocycles. The molecule has 0 aliphatic carbocycles. The van der Waals surface area contributed by atoms with Crippen LogP contribution in [0.25, 0.3) is 117 Å². The quantitative estimate of drug-likeness (QED) is 0.143. The highest BCUT2D eigenvalue weighted by molar-refractivity contribution is 6.20. The number of hydrogen-bond acceptors (Lipinski definition) is 5. The predicted octanol–water partition coefficient (Wildman–Crippen LogP) is 14.6. The molecule has 0 unspecified atom stereocenters. The number of fused-ring (bicyclic) bond motifs is 5. The lowest BCUT2D eigenvalue weighted by molar-refractivity contribution is 1.10. The van der Waals surface area contributed by atoms with E-state index in [9.17, 15) is 0 Å². The van der Waals surface area contributed by atoms with E-state index in [1.54, 1.807) is 0 Å². The van der Waals surface area contributed by atoms with Gasteiger partial charge in [0, 0.05) is 44.3 Å². The zero-order valence-corrected chi connectivity index (χ0v) is 35.1. The Kier molecular flexibility index (Phi) is 9.38. The van der Waals surface area contributed by atoms with Gasteiger partial charge in [0.1, 0.15) is 11.5 Å². The molecule has 0 radical (unpaired) electrons. The minimum Gasteiger partial charge on any atom is -0.292 e. The predicted molar refractivity (Wildman–Crippen MR) is 265 cm³/mol. The molecule has 6 nitrogen and oxygen atoms in total. The summed E-state index contributed by atoms with van der Waals surface area (Å²) in [6.07, 6.45) is 0. The van der Waals surface area contributed by atoms with Gasteiger partial charge < -0.3 is 0 Å². The topological polar surface area (TPSA) is 69.4 Å². The summed E-state index contributed by atoms with van der Waals surface area (Å²) in [5, 5.41) is 3.22. The normalized spacial score (nSPS) is 11.4. The molecular weight excluding hydrogens is 793 g/mol. The Hall–Kier alpha value is -8.87. The lowest BCUT2D eigenvalue weighted by Crippen LogP contribution is -1.98. The van der Waals surface area contributed by atoms with Crippen LogP contribution in [0.3, 0.4) is 0 Å². The Bertz CT molecular complexity index is 3660. The molecule has 4 heterocycles. The maximum atomic E-state index is 5.45. The monoisotopic (exact) mass is 830 g/mol. The molecule has 0 fully saturated rings. The third-order valence-electron chi connectivity index (χ3n) is 12.1. The van der Waals surface area contributed by atoms with E-state index in [0.29, 0.717) is 11.5 Å². The van der Waals surface area contributed by atoms with Gasteiger partial charge in [-0.3, -0.25) is 4.57 Å². The molecule has 65 heavy (non-hydrogen) atoms. The van der Waals surface area contributed by atoms with Crippen LogP contribution in [-0.4, -0.2) is 29.5 Å². The Morgan fingerprint density at radius 3 is 1.52 bits per heavy atom. The molecule has 0 aliphatic rings. The smallest absolute Gasteiger partial charge is 0.179 e. The number of para-hydroxylation sites is 2. The van der Waals surface area contributed by atoms with Crippen LogP contribution in [0.4, 0.5) is 0 Å². The zero-order valence-electron chi connectivity index (χ0n) is 35.1. The summed E-state index contributed by atoms with van der Waals surface area (Å²) < 4.78 is 2.26. The van der Waals surface area contributed by atoms with Crippen LogP contribution in [0.1, 0.15) is 0 Å². The summed E-state index contributed by atoms with van der Waals surface area (Å²) in [6.45, 7) is 0. The molecule has 12 rings (SSSR count). The fourth-order valence-electron chi connectivity index (χ4n) is 8.86. The summed E-state index contributed by atoms with van der Waals surface area (Å²) in [5.74, 6) is 1.44. The van der Waals surface area contributed by atoms with Crippen LogP contribution in [-0.2, 0) is 0 Å². The van der Waals surface area contributed by atoms with Crippen molar-refractivity contribution in [3.05, 3.63) is 231 Å². The van der Waals surface area contributed by atoms with Gasteiger partial charge in [-0.2, -0.15) is 0 Å². The van der Waals surface area contributed by atoms with Crippen LogP contribution in [0.15, 0.2) is 231 Å². The van der Waals surface area contributed by atoms with Gasteiger partial charge in [0.2, 0.25) is 0 Å². The maximum Gasteiger partial charge on any atom is 0.179 e. The summed E-state index contributed by atoms with van der Waals surface area (Å²) in [7, 11) is 0. The first-order valence-electron chi connectivity index (χ1n) is 21.8. The van der Waals surface area contributed by atoms with Crippen molar-refractivity contribution >= 4 is 32.7 Å². The molecule has 6 heteroatoms. The van der Waals surface area contributed by atoms with E-state index in [0.717, 1.165) is 100 Å². The lowest BCUT2D eigenvalue weighted by Gasteiger charge is -2.13. The zero-order chi connectivity index (χ0) is 43.1. The average molecular weight is 831 g/mol. The molecule has 0 saturated heterocycles. The second-order valence-electron chi connectivity index (χ2n) is 16.1. The third kappa shape index (κ3) is 7.00. The molecule has 0 amide bonds. The van der Waals surface area contributed by atoms with Crippen molar-refractivity contribution in [1.82, 2.24) is 29.5 Å². The van der Waals surface area contributed by atoms with E-state index in [-0.39, 0.29) is 0 Å². The summed E-state index contributed by atoms with van der Waals surface area (Å²) in [5.41, 5.74) is 15.3. The second-order valence-corrected chi connectivity index (χ2v) is 16.1. The van der Waals surface area contributed by atoms with Crippen molar-refractivity contribution in [2.45, 2.75) is 0 Å². The first kappa shape index (κ1) is 37.9. The standard InChI is InChI=1S/C59H38N6/c1-5-16-39(17-6-1)40-28-30-43(31-29-40)53-38-52(41-18-7-2-8-19-41)62-58(63-53)51-27-15-26-49(60-51)42-32-34-44(35-33-42)56-55-48(47-24-13-14-25-50(47)61-56)36-37-54-57(55)64-59(45-20-9-3-10-21-45)65(54)46-22-11-4-12-23-46/h1-38H. The molecule has 0 N–H and O–H groups in total. The van der Waals surface area contributed by atoms with Crippen molar-refractivity contribution in [3.8, 4) is 84.7 Å². The second kappa shape index (κ2) is 16.1. The number of rotatable bonds is 8. The summed E-state index contributed by atoms with van der Waals surface area (Å²) in [6, 6.07) is 79.5. The van der Waals surface area contributed by atoms with Crippen LogP contribution in [0.2, 0.25) is 0 Å². The molecule has 4 aromatic heterocycles. The summed E-state index contributed by atoms with van der Waals surface area (Å²) in [4.78, 5) is 26.2. The van der Waals surface area contributed by atoms with Crippen LogP contribution in [0.5, 0.6) is 0 Å². The van der Waals surface area contributed by atoms with E-state index in [2.05, 4.69) is 174 Å². The maximum absolute atomic E-state index is 5.45. The molecule has 0 spiro atoms. The highest BCUT2D eigenvalue weighted by Crippen LogP contribution is 2.40. The SMILES string of the molecule is c1ccc(-c2ccc(-c3cc(-c4ccccc4)nc(-c4cccc(-c5ccc(-c6nc7ccccc7c7ccc8c(nc(-c9ccccc9)n8-c8ccccc8)c67)cc5)n4)n3)cc2)cc1. The van der Waals surface area contributed by atoms with Crippen LogP contribution in [0, 0.1) is 0 Å². The molecule has 0 atom stereocenters. The highest BCUT2D eigenvalue weighted by Gasteiger charge is 2.21. The minimum absolute atomic E-state index is 0.563. The van der Waals surface area contributed by atoms with Crippen molar-refractivity contribution < 1.29 is 0 Å². The van der Waals surface area contributed by atoms with Crippen molar-refractivity contribution in [2.24, 2.45) is 0 Å². The van der Waals surface area contributed by atoms with Gasteiger partial charge in [-0.05, 0) is 59.0 Å². The Labute approximate surface area is 375 Å². The van der Waals surface area contributed by atoms with Crippen LogP contribution < -0.4 is 0 Å². The highest BCUT2D eigenvalue weighted by atomic mass is 15.1. The van der Waals surface area contributed by atoms with Gasteiger partial charge in [0.05, 0.1) is 39.3 Å². The third-order valence-corrected chi connectivity index (χ3v) is 12.1. The number of nitrogens with zero attached hydrogens (tertiary/aromatic N) is 6. The molecule has 0 bridgehead atoms. The number of pyridine rings is 2. The van der Waals surface area contributed by atoms with E-state index >= 15 is 0 Å². The fourth-order valence-corrected chi connectivity index (χ4v) is 8.86. The van der Waals surface area contributed by atoms with Gasteiger partial charge in [0.25, 0.3) is 0 Å². The lowest BCUT2D eigenvalue weighted by atomic mass is 9.97. The number of imidazole rings is 1. The van der Waals surface area contributed by atoms with Gasteiger partial charge in [-0.15, -0.1) is 0 Å². The summed E-state index contributed by atoms with van der Waals surface area (Å²) >= 11 is 0. The van der Waals surface area contributed by atoms with E-state index < -0.39 is 0 Å². The van der Waals surface area contributed by atoms with Gasteiger partial charge in [-0.1, -0.05) is 188 Å². The van der Waals surface area contributed by atoms with Crippen LogP contribution >= 0.6 is 0 Å². The number of hydrogen-bond donors (Lipinski definition) is 0. The fraction of sp³-hybridized carbons (Fsp3) is 0. The molecule has 304 valence electrons. The van der Waals surface area contributed by atoms with Crippen molar-refractivity contribution in [2.75, 3.05) is 0 Å². The molecule has 0 aliphatic heterocycles. The van der Waals surface area contributed by atoms with E-state index in [1.807, 2.05) is 60.7 Å².